The van der Waals surface area contributed by atoms with Gasteiger partial charge in [-0.3, -0.25) is 9.78 Å². The first-order chi connectivity index (χ1) is 8.92. The average Bonchev–Trinajstić information content (AvgIpc) is 2.35. The van der Waals surface area contributed by atoms with Crippen molar-refractivity contribution in [1.29, 1.82) is 0 Å². The lowest BCUT2D eigenvalue weighted by atomic mass is 9.86. The maximum Gasteiger partial charge on any atom is 0.221 e. The van der Waals surface area contributed by atoms with Crippen molar-refractivity contribution in [3.05, 3.63) is 30.1 Å². The van der Waals surface area contributed by atoms with E-state index < -0.39 is 0 Å². The molecule has 0 radical (unpaired) electrons. The Balaban J connectivity index is 2.73. The highest BCUT2D eigenvalue weighted by Gasteiger charge is 2.21. The molecule has 3 nitrogen and oxygen atoms in total. The Morgan fingerprint density at radius 2 is 2.21 bits per heavy atom. The third-order valence-corrected chi connectivity index (χ3v) is 3.38. The van der Waals surface area contributed by atoms with Gasteiger partial charge in [0.15, 0.2) is 0 Å². The Bertz CT molecular complexity index is 387. The molecule has 4 heteroatoms. The van der Waals surface area contributed by atoms with Crippen molar-refractivity contribution < 1.29 is 4.79 Å². The summed E-state index contributed by atoms with van der Waals surface area (Å²) in [6.07, 6.45) is 7.09. The SMILES string of the molecule is CSCCC(=O)N[C@@H](CC(C)(C)C)c1cccnc1. The lowest BCUT2D eigenvalue weighted by Crippen LogP contribution is -2.31. The van der Waals surface area contributed by atoms with Crippen LogP contribution in [0.25, 0.3) is 0 Å². The van der Waals surface area contributed by atoms with E-state index in [1.165, 1.54) is 0 Å². The van der Waals surface area contributed by atoms with Crippen LogP contribution in [0, 0.1) is 5.41 Å². The number of aromatic nitrogens is 1. The van der Waals surface area contributed by atoms with Crippen LogP contribution in [0.5, 0.6) is 0 Å². The van der Waals surface area contributed by atoms with Gasteiger partial charge in [0.05, 0.1) is 6.04 Å². The molecule has 1 heterocycles. The normalized spacial score (nSPS) is 13.1. The summed E-state index contributed by atoms with van der Waals surface area (Å²) in [5.74, 6) is 0.980. The van der Waals surface area contributed by atoms with Crippen LogP contribution in [0.4, 0.5) is 0 Å². The number of amides is 1. The first-order valence-corrected chi connectivity index (χ1v) is 8.00. The van der Waals surface area contributed by atoms with Gasteiger partial charge in [-0.2, -0.15) is 11.8 Å². The van der Waals surface area contributed by atoms with E-state index in [1.807, 2.05) is 24.6 Å². The maximum absolute atomic E-state index is 11.9. The Morgan fingerprint density at radius 1 is 1.47 bits per heavy atom. The van der Waals surface area contributed by atoms with Gasteiger partial charge in [-0.25, -0.2) is 0 Å². The van der Waals surface area contributed by atoms with E-state index in [2.05, 4.69) is 31.1 Å². The van der Waals surface area contributed by atoms with Crippen molar-refractivity contribution in [3.8, 4) is 0 Å². The molecule has 0 aliphatic heterocycles. The molecule has 1 aromatic rings. The molecule has 0 fully saturated rings. The van der Waals surface area contributed by atoms with E-state index in [0.29, 0.717) is 6.42 Å². The van der Waals surface area contributed by atoms with Gasteiger partial charge in [0.2, 0.25) is 5.91 Å². The van der Waals surface area contributed by atoms with E-state index in [0.717, 1.165) is 17.7 Å². The second-order valence-electron chi connectivity index (χ2n) is 5.91. The fourth-order valence-corrected chi connectivity index (χ4v) is 2.30. The summed E-state index contributed by atoms with van der Waals surface area (Å²) in [6.45, 7) is 6.55. The zero-order valence-corrected chi connectivity index (χ0v) is 13.1. The minimum Gasteiger partial charge on any atom is -0.349 e. The van der Waals surface area contributed by atoms with Crippen LogP contribution in [0.3, 0.4) is 0 Å². The van der Waals surface area contributed by atoms with Crippen LogP contribution >= 0.6 is 11.8 Å². The second kappa shape index (κ2) is 7.53. The topological polar surface area (TPSA) is 42.0 Å². The molecular formula is C15H24N2OS. The number of carbonyl (C=O) groups excluding carboxylic acids is 1. The molecule has 106 valence electrons. The van der Waals surface area contributed by atoms with Crippen molar-refractivity contribution in [2.45, 2.75) is 39.7 Å². The number of carbonyl (C=O) groups is 1. The summed E-state index contributed by atoms with van der Waals surface area (Å²) in [5, 5.41) is 3.13. The van der Waals surface area contributed by atoms with E-state index in [1.54, 1.807) is 18.0 Å². The van der Waals surface area contributed by atoms with Crippen molar-refractivity contribution in [3.63, 3.8) is 0 Å². The van der Waals surface area contributed by atoms with Gasteiger partial charge in [0.25, 0.3) is 0 Å². The molecule has 1 aromatic heterocycles. The highest BCUT2D eigenvalue weighted by molar-refractivity contribution is 7.98. The Hall–Kier alpha value is -1.03. The van der Waals surface area contributed by atoms with Gasteiger partial charge in [-0.15, -0.1) is 0 Å². The molecule has 1 rings (SSSR count). The summed E-state index contributed by atoms with van der Waals surface area (Å²) >= 11 is 1.69. The lowest BCUT2D eigenvalue weighted by molar-refractivity contribution is -0.121. The zero-order valence-electron chi connectivity index (χ0n) is 12.3. The van der Waals surface area contributed by atoms with Crippen molar-refractivity contribution >= 4 is 17.7 Å². The van der Waals surface area contributed by atoms with E-state index in [-0.39, 0.29) is 17.4 Å². The van der Waals surface area contributed by atoms with Crippen LogP contribution in [0.1, 0.15) is 45.2 Å². The van der Waals surface area contributed by atoms with Crippen molar-refractivity contribution in [1.82, 2.24) is 10.3 Å². The molecule has 0 saturated heterocycles. The standard InChI is InChI=1S/C15H24N2OS/c1-15(2,3)10-13(12-6-5-8-16-11-12)17-14(18)7-9-19-4/h5-6,8,11,13H,7,9-10H2,1-4H3,(H,17,18)/t13-/m0/s1. The Morgan fingerprint density at radius 3 is 2.74 bits per heavy atom. The number of hydrogen-bond donors (Lipinski definition) is 1. The molecule has 0 saturated carbocycles. The Labute approximate surface area is 120 Å². The number of nitrogens with zero attached hydrogens (tertiary/aromatic N) is 1. The van der Waals surface area contributed by atoms with Gasteiger partial charge in [-0.1, -0.05) is 26.8 Å². The number of pyridine rings is 1. The van der Waals surface area contributed by atoms with E-state index >= 15 is 0 Å². The molecule has 1 atom stereocenters. The van der Waals surface area contributed by atoms with Gasteiger partial charge >= 0.3 is 0 Å². The quantitative estimate of drug-likeness (QED) is 0.868. The molecule has 0 aliphatic carbocycles. The Kier molecular flexibility index (Phi) is 6.35. The summed E-state index contributed by atoms with van der Waals surface area (Å²) < 4.78 is 0. The van der Waals surface area contributed by atoms with Gasteiger partial charge in [0, 0.05) is 24.6 Å². The van der Waals surface area contributed by atoms with Crippen LogP contribution in [0.2, 0.25) is 0 Å². The van der Waals surface area contributed by atoms with Crippen LogP contribution < -0.4 is 5.32 Å². The summed E-state index contributed by atoms with van der Waals surface area (Å²) in [6, 6.07) is 3.99. The molecule has 19 heavy (non-hydrogen) atoms. The highest BCUT2D eigenvalue weighted by Crippen LogP contribution is 2.29. The summed E-state index contributed by atoms with van der Waals surface area (Å²) in [4.78, 5) is 16.1. The fraction of sp³-hybridized carbons (Fsp3) is 0.600. The van der Waals surface area contributed by atoms with Crippen LogP contribution in [0.15, 0.2) is 24.5 Å². The monoisotopic (exact) mass is 280 g/mol. The molecule has 0 spiro atoms. The number of nitrogens with one attached hydrogen (secondary N) is 1. The number of rotatable bonds is 6. The second-order valence-corrected chi connectivity index (χ2v) is 6.90. The van der Waals surface area contributed by atoms with Gasteiger partial charge in [-0.05, 0) is 29.7 Å². The molecule has 0 aliphatic rings. The first kappa shape index (κ1) is 16.0. The van der Waals surface area contributed by atoms with E-state index in [4.69, 9.17) is 0 Å². The number of hydrogen-bond acceptors (Lipinski definition) is 3. The summed E-state index contributed by atoms with van der Waals surface area (Å²) in [5.41, 5.74) is 1.24. The van der Waals surface area contributed by atoms with Gasteiger partial charge < -0.3 is 5.32 Å². The smallest absolute Gasteiger partial charge is 0.221 e. The largest absolute Gasteiger partial charge is 0.349 e. The molecule has 1 amide bonds. The van der Waals surface area contributed by atoms with Crippen molar-refractivity contribution in [2.24, 2.45) is 5.41 Å². The number of thioether (sulfide) groups is 1. The third kappa shape index (κ3) is 6.62. The maximum atomic E-state index is 11.9. The molecule has 1 N–H and O–H groups in total. The minimum atomic E-state index is 0.0445. The molecule has 0 bridgehead atoms. The predicted octanol–water partition coefficient (Wildman–Crippen LogP) is 3.43. The van der Waals surface area contributed by atoms with Crippen molar-refractivity contribution in [2.75, 3.05) is 12.0 Å². The van der Waals surface area contributed by atoms with Crippen LogP contribution in [-0.4, -0.2) is 22.9 Å². The molecule has 0 aromatic carbocycles. The molecular weight excluding hydrogens is 256 g/mol. The van der Waals surface area contributed by atoms with Gasteiger partial charge in [0.1, 0.15) is 0 Å². The van der Waals surface area contributed by atoms with Crippen LogP contribution in [-0.2, 0) is 4.79 Å². The third-order valence-electron chi connectivity index (χ3n) is 2.77. The molecule has 0 unspecified atom stereocenters. The highest BCUT2D eigenvalue weighted by atomic mass is 32.2. The van der Waals surface area contributed by atoms with E-state index in [9.17, 15) is 4.79 Å². The average molecular weight is 280 g/mol. The lowest BCUT2D eigenvalue weighted by Gasteiger charge is -2.27. The summed E-state index contributed by atoms with van der Waals surface area (Å²) in [7, 11) is 0. The first-order valence-electron chi connectivity index (χ1n) is 6.60. The fourth-order valence-electron chi connectivity index (χ4n) is 1.91. The predicted molar refractivity (Wildman–Crippen MR) is 82.2 cm³/mol. The zero-order chi connectivity index (χ0) is 14.3. The minimum absolute atomic E-state index is 0.0445.